The predicted molar refractivity (Wildman–Crippen MR) is 60.8 cm³/mol. The number of benzene rings is 1. The van der Waals surface area contributed by atoms with Crippen molar-refractivity contribution >= 4 is 5.97 Å². The fraction of sp³-hybridized carbons (Fsp3) is 0.462. The van der Waals surface area contributed by atoms with Crippen LogP contribution in [0.1, 0.15) is 24.0 Å². The van der Waals surface area contributed by atoms with Crippen molar-refractivity contribution in [2.45, 2.75) is 24.4 Å². The molecule has 19 heavy (non-hydrogen) atoms. The Balaban J connectivity index is 2.46. The molecule has 1 aromatic carbocycles. The minimum absolute atomic E-state index is 0.184. The van der Waals surface area contributed by atoms with Crippen LogP contribution in [0.3, 0.4) is 0 Å². The van der Waals surface area contributed by atoms with Crippen LogP contribution in [0.15, 0.2) is 24.3 Å². The maximum absolute atomic E-state index is 12.7. The van der Waals surface area contributed by atoms with Gasteiger partial charge in [-0.2, -0.15) is 13.2 Å². The van der Waals surface area contributed by atoms with E-state index in [2.05, 4.69) is 0 Å². The van der Waals surface area contributed by atoms with Crippen LogP contribution in [0.4, 0.5) is 13.2 Å². The van der Waals surface area contributed by atoms with Crippen LogP contribution in [0.25, 0.3) is 0 Å². The van der Waals surface area contributed by atoms with Gasteiger partial charge in [-0.15, -0.1) is 0 Å². The summed E-state index contributed by atoms with van der Waals surface area (Å²) in [6.07, 6.45) is -4.10. The molecular weight excluding hydrogens is 261 g/mol. The molecule has 0 unspecified atom stereocenters. The molecule has 0 amide bonds. The maximum atomic E-state index is 12.7. The standard InChI is InChI=1S/C13H13F3O3/c14-13(15,16)10-3-1-2-9(8-10)12(11(17)18)4-6-19-7-5-12/h1-3,8H,4-7H2,(H,17,18). The van der Waals surface area contributed by atoms with Gasteiger partial charge in [0.05, 0.1) is 11.0 Å². The Morgan fingerprint density at radius 1 is 1.26 bits per heavy atom. The fourth-order valence-electron chi connectivity index (χ4n) is 2.34. The SMILES string of the molecule is O=C(O)C1(c2cccc(C(F)(F)F)c2)CCOCC1. The Morgan fingerprint density at radius 2 is 1.89 bits per heavy atom. The summed E-state index contributed by atoms with van der Waals surface area (Å²) in [7, 11) is 0. The van der Waals surface area contributed by atoms with Crippen molar-refractivity contribution in [2.75, 3.05) is 13.2 Å². The molecule has 0 atom stereocenters. The van der Waals surface area contributed by atoms with E-state index in [-0.39, 0.29) is 31.6 Å². The number of carbonyl (C=O) groups is 1. The fourth-order valence-corrected chi connectivity index (χ4v) is 2.34. The highest BCUT2D eigenvalue weighted by Gasteiger charge is 2.43. The van der Waals surface area contributed by atoms with Crippen LogP contribution < -0.4 is 0 Å². The molecule has 1 aliphatic heterocycles. The molecule has 0 saturated carbocycles. The molecule has 1 aromatic rings. The lowest BCUT2D eigenvalue weighted by Crippen LogP contribution is -2.41. The topological polar surface area (TPSA) is 46.5 Å². The van der Waals surface area contributed by atoms with E-state index in [0.29, 0.717) is 0 Å². The quantitative estimate of drug-likeness (QED) is 0.902. The van der Waals surface area contributed by atoms with Crippen molar-refractivity contribution < 1.29 is 27.8 Å². The molecule has 2 rings (SSSR count). The van der Waals surface area contributed by atoms with Crippen molar-refractivity contribution in [2.24, 2.45) is 0 Å². The van der Waals surface area contributed by atoms with Gasteiger partial charge in [-0.3, -0.25) is 4.79 Å². The number of carboxylic acid groups (broad SMARTS) is 1. The van der Waals surface area contributed by atoms with Crippen molar-refractivity contribution in [1.29, 1.82) is 0 Å². The van der Waals surface area contributed by atoms with E-state index >= 15 is 0 Å². The number of carboxylic acids is 1. The van der Waals surface area contributed by atoms with Gasteiger partial charge >= 0.3 is 12.1 Å². The molecule has 1 aliphatic rings. The highest BCUT2D eigenvalue weighted by molar-refractivity contribution is 5.81. The minimum Gasteiger partial charge on any atom is -0.481 e. The van der Waals surface area contributed by atoms with Gasteiger partial charge in [0.15, 0.2) is 0 Å². The molecule has 0 radical (unpaired) electrons. The van der Waals surface area contributed by atoms with E-state index in [1.807, 2.05) is 0 Å². The molecule has 1 heterocycles. The van der Waals surface area contributed by atoms with E-state index in [9.17, 15) is 23.1 Å². The third kappa shape index (κ3) is 2.58. The molecular formula is C13H13F3O3. The number of hydrogen-bond donors (Lipinski definition) is 1. The zero-order chi connectivity index (χ0) is 14.1. The molecule has 0 aromatic heterocycles. The van der Waals surface area contributed by atoms with E-state index in [4.69, 9.17) is 4.74 Å². The van der Waals surface area contributed by atoms with Gasteiger partial charge < -0.3 is 9.84 Å². The first kappa shape index (κ1) is 13.9. The molecule has 6 heteroatoms. The Morgan fingerprint density at radius 3 is 2.42 bits per heavy atom. The second-order valence-electron chi connectivity index (χ2n) is 4.58. The summed E-state index contributed by atoms with van der Waals surface area (Å²) in [5.41, 5.74) is -1.91. The van der Waals surface area contributed by atoms with Crippen LogP contribution in [-0.4, -0.2) is 24.3 Å². The van der Waals surface area contributed by atoms with Crippen molar-refractivity contribution in [1.82, 2.24) is 0 Å². The van der Waals surface area contributed by atoms with Crippen LogP contribution >= 0.6 is 0 Å². The first-order valence-corrected chi connectivity index (χ1v) is 5.85. The number of rotatable bonds is 2. The lowest BCUT2D eigenvalue weighted by Gasteiger charge is -2.33. The number of hydrogen-bond acceptors (Lipinski definition) is 2. The summed E-state index contributed by atoms with van der Waals surface area (Å²) in [4.78, 5) is 11.5. The zero-order valence-corrected chi connectivity index (χ0v) is 10.0. The van der Waals surface area contributed by atoms with Gasteiger partial charge in [0, 0.05) is 13.2 Å². The van der Waals surface area contributed by atoms with Crippen LogP contribution in [-0.2, 0) is 21.1 Å². The predicted octanol–water partition coefficient (Wildman–Crippen LogP) is 2.84. The largest absolute Gasteiger partial charge is 0.481 e. The van der Waals surface area contributed by atoms with E-state index < -0.39 is 23.1 Å². The van der Waals surface area contributed by atoms with E-state index in [0.717, 1.165) is 12.1 Å². The third-order valence-corrected chi connectivity index (χ3v) is 3.50. The molecule has 1 saturated heterocycles. The Kier molecular flexibility index (Phi) is 3.54. The first-order chi connectivity index (χ1) is 8.86. The molecule has 0 bridgehead atoms. The van der Waals surface area contributed by atoms with Gasteiger partial charge in [0.1, 0.15) is 0 Å². The van der Waals surface area contributed by atoms with Crippen LogP contribution in [0.5, 0.6) is 0 Å². The van der Waals surface area contributed by atoms with E-state index in [1.54, 1.807) is 0 Å². The Labute approximate surface area is 108 Å². The molecule has 3 nitrogen and oxygen atoms in total. The van der Waals surface area contributed by atoms with E-state index in [1.165, 1.54) is 12.1 Å². The molecule has 0 aliphatic carbocycles. The van der Waals surface area contributed by atoms with Crippen molar-refractivity contribution in [3.8, 4) is 0 Å². The van der Waals surface area contributed by atoms with Crippen LogP contribution in [0.2, 0.25) is 0 Å². The van der Waals surface area contributed by atoms with Gasteiger partial charge in [-0.25, -0.2) is 0 Å². The summed E-state index contributed by atoms with van der Waals surface area (Å²) in [5, 5.41) is 9.40. The smallest absolute Gasteiger partial charge is 0.416 e. The lowest BCUT2D eigenvalue weighted by molar-refractivity contribution is -0.148. The average molecular weight is 274 g/mol. The van der Waals surface area contributed by atoms with Crippen LogP contribution in [0, 0.1) is 0 Å². The number of ether oxygens (including phenoxy) is 1. The summed E-state index contributed by atoms with van der Waals surface area (Å²) >= 11 is 0. The highest BCUT2D eigenvalue weighted by Crippen LogP contribution is 2.38. The first-order valence-electron chi connectivity index (χ1n) is 5.85. The van der Waals surface area contributed by atoms with Crippen molar-refractivity contribution in [3.63, 3.8) is 0 Å². The van der Waals surface area contributed by atoms with Gasteiger partial charge in [-0.05, 0) is 24.5 Å². The average Bonchev–Trinajstić information content (AvgIpc) is 2.38. The lowest BCUT2D eigenvalue weighted by atomic mass is 9.74. The second kappa shape index (κ2) is 4.85. The maximum Gasteiger partial charge on any atom is 0.416 e. The molecule has 1 fully saturated rings. The number of aliphatic carboxylic acids is 1. The molecule has 0 spiro atoms. The normalized spacial score (nSPS) is 19.1. The molecule has 1 N–H and O–H groups in total. The second-order valence-corrected chi connectivity index (χ2v) is 4.58. The summed E-state index contributed by atoms with van der Waals surface area (Å²) in [6.45, 7) is 0.477. The summed E-state index contributed by atoms with van der Waals surface area (Å²) in [5.74, 6) is -1.10. The minimum atomic E-state index is -4.47. The monoisotopic (exact) mass is 274 g/mol. The molecule has 104 valence electrons. The van der Waals surface area contributed by atoms with Gasteiger partial charge in [0.25, 0.3) is 0 Å². The zero-order valence-electron chi connectivity index (χ0n) is 10.0. The summed E-state index contributed by atoms with van der Waals surface area (Å²) < 4.78 is 43.2. The Hall–Kier alpha value is -1.56. The summed E-state index contributed by atoms with van der Waals surface area (Å²) in [6, 6.07) is 4.56. The highest BCUT2D eigenvalue weighted by atomic mass is 19.4. The van der Waals surface area contributed by atoms with Gasteiger partial charge in [-0.1, -0.05) is 18.2 Å². The van der Waals surface area contributed by atoms with Crippen molar-refractivity contribution in [3.05, 3.63) is 35.4 Å². The number of alkyl halides is 3. The Bertz CT molecular complexity index is 476. The third-order valence-electron chi connectivity index (χ3n) is 3.50. The van der Waals surface area contributed by atoms with Gasteiger partial charge in [0.2, 0.25) is 0 Å². The number of halogens is 3.